The van der Waals surface area contributed by atoms with Crippen LogP contribution in [0.1, 0.15) is 44.3 Å². The standard InChI is InChI=1S/C21H20FN5O/c1-2-16-18(13-7-9-14(22)10-8-13)20-24-23-19-17(27(20)25-16)11-12-26(21(19)28)15-5-3-4-6-15/h7-12,15H,2-6H2,1H3. The number of pyridine rings is 1. The van der Waals surface area contributed by atoms with Gasteiger partial charge in [-0.1, -0.05) is 31.9 Å². The van der Waals surface area contributed by atoms with E-state index in [4.69, 9.17) is 5.10 Å². The molecule has 0 bridgehead atoms. The van der Waals surface area contributed by atoms with Gasteiger partial charge in [0.05, 0.1) is 11.3 Å². The third-order valence-electron chi connectivity index (χ3n) is 5.67. The fourth-order valence-corrected chi connectivity index (χ4v) is 4.23. The van der Waals surface area contributed by atoms with Crippen molar-refractivity contribution in [3.05, 3.63) is 58.4 Å². The molecular formula is C21H20FN5O. The molecule has 1 aliphatic carbocycles. The second-order valence-corrected chi connectivity index (χ2v) is 7.32. The number of nitrogens with zero attached hydrogens (tertiary/aromatic N) is 5. The van der Waals surface area contributed by atoms with E-state index in [1.165, 1.54) is 12.1 Å². The zero-order valence-electron chi connectivity index (χ0n) is 15.6. The highest BCUT2D eigenvalue weighted by Gasteiger charge is 2.22. The molecule has 0 atom stereocenters. The van der Waals surface area contributed by atoms with Gasteiger partial charge in [-0.25, -0.2) is 8.91 Å². The van der Waals surface area contributed by atoms with Crippen molar-refractivity contribution in [2.75, 3.05) is 0 Å². The van der Waals surface area contributed by atoms with E-state index in [9.17, 15) is 9.18 Å². The summed E-state index contributed by atoms with van der Waals surface area (Å²) in [6.45, 7) is 2.01. The quantitative estimate of drug-likeness (QED) is 0.543. The summed E-state index contributed by atoms with van der Waals surface area (Å²) in [5.41, 5.74) is 3.95. The Kier molecular flexibility index (Phi) is 3.96. The molecule has 0 unspecified atom stereocenters. The summed E-state index contributed by atoms with van der Waals surface area (Å²) < 4.78 is 16.8. The van der Waals surface area contributed by atoms with Gasteiger partial charge in [0.2, 0.25) is 0 Å². The van der Waals surface area contributed by atoms with Crippen LogP contribution in [-0.4, -0.2) is 24.4 Å². The lowest BCUT2D eigenvalue weighted by atomic mass is 10.0. The van der Waals surface area contributed by atoms with Crippen molar-refractivity contribution in [2.24, 2.45) is 0 Å². The second kappa shape index (κ2) is 6.51. The molecule has 0 saturated heterocycles. The van der Waals surface area contributed by atoms with Gasteiger partial charge in [-0.2, -0.15) is 5.10 Å². The highest BCUT2D eigenvalue weighted by Crippen LogP contribution is 2.30. The molecule has 3 aromatic heterocycles. The largest absolute Gasteiger partial charge is 0.310 e. The number of rotatable bonds is 3. The normalized spacial score (nSPS) is 15.1. The van der Waals surface area contributed by atoms with Gasteiger partial charge in [-0.05, 0) is 43.0 Å². The maximum Gasteiger partial charge on any atom is 0.280 e. The van der Waals surface area contributed by atoms with E-state index in [0.717, 1.165) is 42.5 Å². The number of hydrogen-bond acceptors (Lipinski definition) is 4. The molecule has 5 rings (SSSR count). The zero-order valence-corrected chi connectivity index (χ0v) is 15.6. The lowest BCUT2D eigenvalue weighted by molar-refractivity contribution is 0.504. The molecule has 3 heterocycles. The molecule has 142 valence electrons. The van der Waals surface area contributed by atoms with E-state index < -0.39 is 0 Å². The average Bonchev–Trinajstić information content (AvgIpc) is 3.36. The number of hydrogen-bond donors (Lipinski definition) is 0. The van der Waals surface area contributed by atoms with Gasteiger partial charge in [0.1, 0.15) is 11.3 Å². The molecule has 1 saturated carbocycles. The molecular weight excluding hydrogens is 357 g/mol. The van der Waals surface area contributed by atoms with Crippen LogP contribution in [0.4, 0.5) is 4.39 Å². The molecule has 0 spiro atoms. The summed E-state index contributed by atoms with van der Waals surface area (Å²) in [6, 6.07) is 8.43. The Morgan fingerprint density at radius 2 is 1.86 bits per heavy atom. The fourth-order valence-electron chi connectivity index (χ4n) is 4.23. The van der Waals surface area contributed by atoms with Gasteiger partial charge in [0.15, 0.2) is 11.2 Å². The highest BCUT2D eigenvalue weighted by atomic mass is 19.1. The summed E-state index contributed by atoms with van der Waals surface area (Å²) in [5.74, 6) is -0.290. The minimum absolute atomic E-state index is 0.115. The first-order chi connectivity index (χ1) is 13.7. The summed E-state index contributed by atoms with van der Waals surface area (Å²) in [6.07, 6.45) is 6.90. The molecule has 1 aliphatic rings. The van der Waals surface area contributed by atoms with Crippen molar-refractivity contribution >= 4 is 16.7 Å². The molecule has 4 aromatic rings. The maximum atomic E-state index is 13.4. The molecule has 0 aliphatic heterocycles. The molecule has 1 aromatic carbocycles. The molecule has 1 fully saturated rings. The topological polar surface area (TPSA) is 65.1 Å². The van der Waals surface area contributed by atoms with Crippen molar-refractivity contribution in [1.82, 2.24) is 24.4 Å². The highest BCUT2D eigenvalue weighted by molar-refractivity contribution is 5.84. The Hall–Kier alpha value is -3.09. The van der Waals surface area contributed by atoms with Crippen LogP contribution in [0.25, 0.3) is 27.8 Å². The van der Waals surface area contributed by atoms with Crippen LogP contribution in [0.15, 0.2) is 41.3 Å². The number of aromatic nitrogens is 5. The number of halogens is 1. The van der Waals surface area contributed by atoms with Crippen molar-refractivity contribution < 1.29 is 4.39 Å². The van der Waals surface area contributed by atoms with Gasteiger partial charge in [-0.3, -0.25) is 4.79 Å². The lowest BCUT2D eigenvalue weighted by Crippen LogP contribution is -2.24. The van der Waals surface area contributed by atoms with Crippen LogP contribution < -0.4 is 5.56 Å². The second-order valence-electron chi connectivity index (χ2n) is 7.32. The van der Waals surface area contributed by atoms with Crippen LogP contribution >= 0.6 is 0 Å². The molecule has 28 heavy (non-hydrogen) atoms. The van der Waals surface area contributed by atoms with Crippen molar-refractivity contribution in [2.45, 2.75) is 45.1 Å². The predicted octanol–water partition coefficient (Wildman–Crippen LogP) is 3.92. The Bertz CT molecular complexity index is 1240. The van der Waals surface area contributed by atoms with Crippen molar-refractivity contribution in [3.63, 3.8) is 0 Å². The Morgan fingerprint density at radius 1 is 1.11 bits per heavy atom. The van der Waals surface area contributed by atoms with E-state index in [1.807, 2.05) is 19.2 Å². The first-order valence-electron chi connectivity index (χ1n) is 9.72. The Labute approximate surface area is 160 Å². The molecule has 7 heteroatoms. The summed E-state index contributed by atoms with van der Waals surface area (Å²) in [7, 11) is 0. The third-order valence-corrected chi connectivity index (χ3v) is 5.67. The fraction of sp³-hybridized carbons (Fsp3) is 0.333. The smallest absolute Gasteiger partial charge is 0.280 e. The van der Waals surface area contributed by atoms with Gasteiger partial charge < -0.3 is 4.57 Å². The van der Waals surface area contributed by atoms with E-state index in [2.05, 4.69) is 10.2 Å². The van der Waals surface area contributed by atoms with Gasteiger partial charge in [0, 0.05) is 12.2 Å². The van der Waals surface area contributed by atoms with Gasteiger partial charge in [0.25, 0.3) is 5.56 Å². The van der Waals surface area contributed by atoms with Crippen LogP contribution in [0.5, 0.6) is 0 Å². The Balaban J connectivity index is 1.76. The zero-order chi connectivity index (χ0) is 19.3. The first kappa shape index (κ1) is 17.0. The van der Waals surface area contributed by atoms with Crippen LogP contribution in [0.3, 0.4) is 0 Å². The summed E-state index contributed by atoms with van der Waals surface area (Å²) in [5, 5.41) is 13.3. The van der Waals surface area contributed by atoms with Gasteiger partial charge in [-0.15, -0.1) is 10.2 Å². The average molecular weight is 377 g/mol. The third kappa shape index (κ3) is 2.53. The van der Waals surface area contributed by atoms with Gasteiger partial charge >= 0.3 is 0 Å². The number of benzene rings is 1. The van der Waals surface area contributed by atoms with Crippen LogP contribution in [0.2, 0.25) is 0 Å². The maximum absolute atomic E-state index is 13.4. The number of fused-ring (bicyclic) bond motifs is 3. The first-order valence-corrected chi connectivity index (χ1v) is 9.72. The Morgan fingerprint density at radius 3 is 2.57 bits per heavy atom. The monoisotopic (exact) mass is 377 g/mol. The molecule has 0 radical (unpaired) electrons. The molecule has 0 N–H and O–H groups in total. The molecule has 0 amide bonds. The number of aryl methyl sites for hydroxylation is 1. The van der Waals surface area contributed by atoms with E-state index in [-0.39, 0.29) is 17.4 Å². The van der Waals surface area contributed by atoms with Crippen molar-refractivity contribution in [1.29, 1.82) is 0 Å². The minimum Gasteiger partial charge on any atom is -0.310 e. The van der Waals surface area contributed by atoms with E-state index in [0.29, 0.717) is 23.1 Å². The van der Waals surface area contributed by atoms with E-state index >= 15 is 0 Å². The van der Waals surface area contributed by atoms with Crippen molar-refractivity contribution in [3.8, 4) is 11.1 Å². The van der Waals surface area contributed by atoms with Crippen LogP contribution in [0, 0.1) is 5.82 Å². The minimum atomic E-state index is -0.290. The van der Waals surface area contributed by atoms with Crippen LogP contribution in [-0.2, 0) is 6.42 Å². The van der Waals surface area contributed by atoms with E-state index in [1.54, 1.807) is 21.2 Å². The summed E-state index contributed by atoms with van der Waals surface area (Å²) in [4.78, 5) is 13.0. The molecule has 6 nitrogen and oxygen atoms in total. The predicted molar refractivity (Wildman–Crippen MR) is 105 cm³/mol. The SMILES string of the molecule is CCc1nn2c(nnc3c(=O)n(C4CCCC4)ccc32)c1-c1ccc(F)cc1. The summed E-state index contributed by atoms with van der Waals surface area (Å²) >= 11 is 0. The lowest BCUT2D eigenvalue weighted by Gasteiger charge is -2.13.